The van der Waals surface area contributed by atoms with E-state index in [4.69, 9.17) is 9.47 Å². The predicted molar refractivity (Wildman–Crippen MR) is 111 cm³/mol. The lowest BCUT2D eigenvalue weighted by atomic mass is 9.90. The van der Waals surface area contributed by atoms with Crippen LogP contribution in [0, 0.1) is 5.92 Å². The molecule has 0 amide bonds. The fourth-order valence-corrected chi connectivity index (χ4v) is 3.29. The molecule has 0 saturated carbocycles. The molecule has 2 aromatic carbocycles. The summed E-state index contributed by atoms with van der Waals surface area (Å²) in [7, 11) is 4.12. The van der Waals surface area contributed by atoms with Crippen LogP contribution in [0.2, 0.25) is 0 Å². The number of rotatable bonds is 8. The molecule has 1 heterocycles. The Labute approximate surface area is 163 Å². The van der Waals surface area contributed by atoms with Crippen LogP contribution in [0.4, 0.5) is 0 Å². The molecule has 2 aromatic rings. The summed E-state index contributed by atoms with van der Waals surface area (Å²) in [6.07, 6.45) is 1.03. The molecule has 1 aliphatic rings. The van der Waals surface area contributed by atoms with Gasteiger partial charge < -0.3 is 19.7 Å². The molecule has 0 bridgehead atoms. The third kappa shape index (κ3) is 5.47. The maximum atomic E-state index is 5.91. The molecule has 1 N–H and O–H groups in total. The third-order valence-corrected chi connectivity index (χ3v) is 4.77. The molecule has 1 unspecified atom stereocenters. The standard InChI is InChI=1S/C23H32N2O2/c1-17(2)16-27-20-7-5-18(6-8-20)23-22-10-9-21(26-14-13-25(3)4)15-19(22)11-12-24-23/h5-10,15,17,23-24H,11-14,16H2,1-4H3. The van der Waals surface area contributed by atoms with Crippen molar-refractivity contribution in [3.05, 3.63) is 59.2 Å². The first-order valence-corrected chi connectivity index (χ1v) is 9.89. The number of benzene rings is 2. The van der Waals surface area contributed by atoms with Crippen LogP contribution in [0.1, 0.15) is 36.6 Å². The van der Waals surface area contributed by atoms with Crippen LogP contribution in [0.3, 0.4) is 0 Å². The van der Waals surface area contributed by atoms with Crippen LogP contribution in [-0.4, -0.2) is 45.3 Å². The Kier molecular flexibility index (Phi) is 6.75. The molecule has 0 aromatic heterocycles. The minimum Gasteiger partial charge on any atom is -0.493 e. The minimum absolute atomic E-state index is 0.226. The average Bonchev–Trinajstić information content (AvgIpc) is 2.66. The lowest BCUT2D eigenvalue weighted by Gasteiger charge is -2.28. The molecule has 3 rings (SSSR count). The first-order chi connectivity index (χ1) is 13.0. The van der Waals surface area contributed by atoms with Crippen LogP contribution in [0.15, 0.2) is 42.5 Å². The van der Waals surface area contributed by atoms with Gasteiger partial charge in [-0.05, 0) is 67.4 Å². The van der Waals surface area contributed by atoms with E-state index in [1.807, 2.05) is 0 Å². The maximum Gasteiger partial charge on any atom is 0.119 e. The summed E-state index contributed by atoms with van der Waals surface area (Å²) < 4.78 is 11.7. The van der Waals surface area contributed by atoms with E-state index in [1.165, 1.54) is 16.7 Å². The molecule has 146 valence electrons. The molecule has 0 aliphatic carbocycles. The van der Waals surface area contributed by atoms with Crippen molar-refractivity contribution in [1.82, 2.24) is 10.2 Å². The third-order valence-electron chi connectivity index (χ3n) is 4.77. The Morgan fingerprint density at radius 1 is 1.04 bits per heavy atom. The lowest BCUT2D eigenvalue weighted by Crippen LogP contribution is -2.30. The van der Waals surface area contributed by atoms with E-state index in [-0.39, 0.29) is 6.04 Å². The zero-order valence-corrected chi connectivity index (χ0v) is 17.0. The van der Waals surface area contributed by atoms with Gasteiger partial charge in [0, 0.05) is 13.1 Å². The minimum atomic E-state index is 0.226. The Morgan fingerprint density at radius 2 is 1.78 bits per heavy atom. The normalized spacial score (nSPS) is 16.4. The molecule has 0 spiro atoms. The molecule has 0 saturated heterocycles. The fraction of sp³-hybridized carbons (Fsp3) is 0.478. The second-order valence-corrected chi connectivity index (χ2v) is 7.92. The Balaban J connectivity index is 1.70. The van der Waals surface area contributed by atoms with Crippen LogP contribution in [0.5, 0.6) is 11.5 Å². The lowest BCUT2D eigenvalue weighted by molar-refractivity contribution is 0.261. The fourth-order valence-electron chi connectivity index (χ4n) is 3.29. The quantitative estimate of drug-likeness (QED) is 0.766. The van der Waals surface area contributed by atoms with Crippen molar-refractivity contribution in [3.63, 3.8) is 0 Å². The van der Waals surface area contributed by atoms with Gasteiger partial charge in [0.15, 0.2) is 0 Å². The molecule has 0 fully saturated rings. The average molecular weight is 369 g/mol. The van der Waals surface area contributed by atoms with E-state index in [9.17, 15) is 0 Å². The Hall–Kier alpha value is -2.04. The van der Waals surface area contributed by atoms with Crippen LogP contribution >= 0.6 is 0 Å². The molecule has 4 nitrogen and oxygen atoms in total. The highest BCUT2D eigenvalue weighted by atomic mass is 16.5. The highest BCUT2D eigenvalue weighted by Crippen LogP contribution is 2.32. The Bertz CT molecular complexity index is 726. The number of fused-ring (bicyclic) bond motifs is 1. The van der Waals surface area contributed by atoms with Crippen molar-refractivity contribution in [2.45, 2.75) is 26.3 Å². The summed E-state index contributed by atoms with van der Waals surface area (Å²) >= 11 is 0. The Morgan fingerprint density at radius 3 is 2.48 bits per heavy atom. The van der Waals surface area contributed by atoms with Crippen LogP contribution < -0.4 is 14.8 Å². The van der Waals surface area contributed by atoms with Gasteiger partial charge in [0.2, 0.25) is 0 Å². The van der Waals surface area contributed by atoms with Gasteiger partial charge in [0.1, 0.15) is 18.1 Å². The monoisotopic (exact) mass is 368 g/mol. The smallest absolute Gasteiger partial charge is 0.119 e. The van der Waals surface area contributed by atoms with Gasteiger partial charge >= 0.3 is 0 Å². The van der Waals surface area contributed by atoms with Gasteiger partial charge in [-0.2, -0.15) is 0 Å². The van der Waals surface area contributed by atoms with Gasteiger partial charge in [-0.25, -0.2) is 0 Å². The van der Waals surface area contributed by atoms with Gasteiger partial charge in [-0.3, -0.25) is 0 Å². The summed E-state index contributed by atoms with van der Waals surface area (Å²) in [4.78, 5) is 2.13. The summed E-state index contributed by atoms with van der Waals surface area (Å²) in [6.45, 7) is 7.69. The van der Waals surface area contributed by atoms with Gasteiger partial charge in [-0.1, -0.05) is 32.0 Å². The largest absolute Gasteiger partial charge is 0.493 e. The highest BCUT2D eigenvalue weighted by Gasteiger charge is 2.21. The second kappa shape index (κ2) is 9.25. The van der Waals surface area contributed by atoms with Crippen molar-refractivity contribution >= 4 is 0 Å². The van der Waals surface area contributed by atoms with E-state index >= 15 is 0 Å². The number of nitrogens with zero attached hydrogens (tertiary/aromatic N) is 1. The summed E-state index contributed by atoms with van der Waals surface area (Å²) in [5, 5.41) is 3.65. The van der Waals surface area contributed by atoms with Gasteiger partial charge in [-0.15, -0.1) is 0 Å². The first-order valence-electron chi connectivity index (χ1n) is 9.89. The maximum absolute atomic E-state index is 5.91. The number of likely N-dealkylation sites (N-methyl/N-ethyl adjacent to an activating group) is 1. The van der Waals surface area contributed by atoms with Gasteiger partial charge in [0.05, 0.1) is 12.6 Å². The second-order valence-electron chi connectivity index (χ2n) is 7.92. The summed E-state index contributed by atoms with van der Waals surface area (Å²) in [5.74, 6) is 2.44. The van der Waals surface area contributed by atoms with Crippen molar-refractivity contribution in [1.29, 1.82) is 0 Å². The van der Waals surface area contributed by atoms with E-state index in [2.05, 4.69) is 80.6 Å². The zero-order chi connectivity index (χ0) is 19.2. The number of ether oxygens (including phenoxy) is 2. The van der Waals surface area contributed by atoms with Crippen molar-refractivity contribution in [2.75, 3.05) is 40.4 Å². The van der Waals surface area contributed by atoms with Crippen molar-refractivity contribution < 1.29 is 9.47 Å². The summed E-state index contributed by atoms with van der Waals surface area (Å²) in [5.41, 5.74) is 3.99. The van der Waals surface area contributed by atoms with Crippen molar-refractivity contribution in [2.24, 2.45) is 5.92 Å². The van der Waals surface area contributed by atoms with Crippen LogP contribution in [-0.2, 0) is 6.42 Å². The topological polar surface area (TPSA) is 33.7 Å². The highest BCUT2D eigenvalue weighted by molar-refractivity contribution is 5.44. The van der Waals surface area contributed by atoms with E-state index < -0.39 is 0 Å². The molecular weight excluding hydrogens is 336 g/mol. The van der Waals surface area contributed by atoms with E-state index in [0.717, 1.165) is 37.6 Å². The number of hydrogen-bond acceptors (Lipinski definition) is 4. The zero-order valence-electron chi connectivity index (χ0n) is 17.0. The number of nitrogens with one attached hydrogen (secondary N) is 1. The molecular formula is C23H32N2O2. The predicted octanol–water partition coefficient (Wildman–Crippen LogP) is 3.90. The molecule has 27 heavy (non-hydrogen) atoms. The molecule has 4 heteroatoms. The van der Waals surface area contributed by atoms with E-state index in [0.29, 0.717) is 12.5 Å². The number of hydrogen-bond donors (Lipinski definition) is 1. The SMILES string of the molecule is CC(C)COc1ccc(C2NCCc3cc(OCCN(C)C)ccc32)cc1. The van der Waals surface area contributed by atoms with E-state index in [1.54, 1.807) is 0 Å². The van der Waals surface area contributed by atoms with Crippen LogP contribution in [0.25, 0.3) is 0 Å². The molecule has 1 atom stereocenters. The van der Waals surface area contributed by atoms with Crippen molar-refractivity contribution in [3.8, 4) is 11.5 Å². The molecule has 1 aliphatic heterocycles. The van der Waals surface area contributed by atoms with Gasteiger partial charge in [0.25, 0.3) is 0 Å². The first kappa shape index (κ1) is 19.7. The summed E-state index contributed by atoms with van der Waals surface area (Å²) in [6, 6.07) is 15.2. The molecule has 0 radical (unpaired) electrons.